The summed E-state index contributed by atoms with van der Waals surface area (Å²) in [6, 6.07) is 9.18. The predicted octanol–water partition coefficient (Wildman–Crippen LogP) is 4.75. The highest BCUT2D eigenvalue weighted by Gasteiger charge is 2.45. The van der Waals surface area contributed by atoms with E-state index >= 15 is 0 Å². The van der Waals surface area contributed by atoms with E-state index in [2.05, 4.69) is 0 Å². The monoisotopic (exact) mass is 491 g/mol. The zero-order chi connectivity index (χ0) is 25.5. The van der Waals surface area contributed by atoms with Gasteiger partial charge in [-0.25, -0.2) is 9.29 Å². The molecule has 0 unspecified atom stereocenters. The summed E-state index contributed by atoms with van der Waals surface area (Å²) in [6.45, 7) is -0.0366. The van der Waals surface area contributed by atoms with Crippen molar-refractivity contribution in [1.82, 2.24) is 0 Å². The molecule has 1 heterocycles. The van der Waals surface area contributed by atoms with Crippen LogP contribution in [-0.2, 0) is 11.2 Å². The number of fused-ring (bicyclic) bond motifs is 2. The van der Waals surface area contributed by atoms with Crippen molar-refractivity contribution in [1.29, 1.82) is 0 Å². The van der Waals surface area contributed by atoms with Gasteiger partial charge >= 0.3 is 12.1 Å². The Morgan fingerprint density at radius 3 is 2.03 bits per heavy atom. The largest absolute Gasteiger partial charge is 0.492 e. The van der Waals surface area contributed by atoms with E-state index < -0.39 is 59.8 Å². The maximum atomic E-state index is 14.9. The number of benzene rings is 3. The fraction of sp³-hybridized carbons (Fsp3) is 0.208. The molecule has 0 saturated carbocycles. The second-order valence-electron chi connectivity index (χ2n) is 7.59. The maximum Gasteiger partial charge on any atom is 0.422 e. The summed E-state index contributed by atoms with van der Waals surface area (Å²) in [5.74, 6) is -4.89. The first-order valence-corrected chi connectivity index (χ1v) is 10.3. The van der Waals surface area contributed by atoms with Gasteiger partial charge in [0.2, 0.25) is 0 Å². The van der Waals surface area contributed by atoms with Gasteiger partial charge in [-0.2, -0.15) is 13.2 Å². The van der Waals surface area contributed by atoms with Crippen LogP contribution in [0.15, 0.2) is 42.5 Å². The normalized spacial score (nSPS) is 13.3. The van der Waals surface area contributed by atoms with Gasteiger partial charge in [0, 0.05) is 10.8 Å². The molecule has 7 nitrogen and oxygen atoms in total. The molecule has 1 aliphatic rings. The minimum atomic E-state index is -4.73. The molecule has 1 aliphatic heterocycles. The van der Waals surface area contributed by atoms with Gasteiger partial charge in [0.15, 0.2) is 6.61 Å². The van der Waals surface area contributed by atoms with Crippen molar-refractivity contribution >= 4 is 34.2 Å². The Balaban J connectivity index is 1.93. The Hall–Kier alpha value is -4.15. The Labute approximate surface area is 195 Å². The summed E-state index contributed by atoms with van der Waals surface area (Å²) < 4.78 is 64.5. The Morgan fingerprint density at radius 1 is 0.971 bits per heavy atom. The number of hydrogen-bond acceptors (Lipinski definition) is 5. The molecule has 0 atom stereocenters. The zero-order valence-electron chi connectivity index (χ0n) is 18.1. The number of alkyl halides is 3. The molecule has 2 amide bonds. The summed E-state index contributed by atoms with van der Waals surface area (Å²) >= 11 is 0. The fourth-order valence-corrected chi connectivity index (χ4v) is 3.93. The highest BCUT2D eigenvalue weighted by atomic mass is 19.4. The number of amides is 2. The molecule has 3 aromatic rings. The highest BCUT2D eigenvalue weighted by molar-refractivity contribution is 6.38. The van der Waals surface area contributed by atoms with Crippen LogP contribution in [-0.4, -0.2) is 42.3 Å². The molecule has 4 rings (SSSR count). The van der Waals surface area contributed by atoms with Gasteiger partial charge in [0.05, 0.1) is 29.8 Å². The average Bonchev–Trinajstić information content (AvgIpc) is 3.03. The predicted molar refractivity (Wildman–Crippen MR) is 116 cm³/mol. The number of carbonyl (C=O) groups excluding carboxylic acids is 2. The van der Waals surface area contributed by atoms with Gasteiger partial charge < -0.3 is 14.6 Å². The summed E-state index contributed by atoms with van der Waals surface area (Å²) in [6.07, 6.45) is -5.22. The zero-order valence-corrected chi connectivity index (χ0v) is 18.1. The molecule has 0 aliphatic carbocycles. The van der Waals surface area contributed by atoms with Crippen molar-refractivity contribution in [2.45, 2.75) is 19.5 Å². The Kier molecular flexibility index (Phi) is 6.10. The molecule has 0 aromatic heterocycles. The molecule has 11 heteroatoms. The number of imide groups is 1. The van der Waals surface area contributed by atoms with E-state index in [1.54, 1.807) is 13.0 Å². The number of aliphatic carboxylic acids is 1. The summed E-state index contributed by atoms with van der Waals surface area (Å²) in [5.41, 5.74) is -1.22. The van der Waals surface area contributed by atoms with E-state index in [0.717, 1.165) is 12.1 Å². The van der Waals surface area contributed by atoms with Gasteiger partial charge in [-0.3, -0.25) is 14.4 Å². The van der Waals surface area contributed by atoms with Gasteiger partial charge in [0.25, 0.3) is 11.8 Å². The topological polar surface area (TPSA) is 93.1 Å². The first-order valence-electron chi connectivity index (χ1n) is 10.3. The Bertz CT molecular complexity index is 1370. The van der Waals surface area contributed by atoms with Crippen molar-refractivity contribution in [2.75, 3.05) is 18.1 Å². The SMILES string of the molecule is CCOc1c2c(c(OCC(F)(F)F)c3ccccc13)C(=O)N(c1ccc(CC(=O)O)cc1F)C2=O. The molecular formula is C24H17F4NO6. The average molecular weight is 491 g/mol. The standard InChI is InChI=1S/C24H17F4NO6/c1-2-34-20-13-5-3-4-6-14(13)21(35-11-24(26,27)28)19-18(20)22(32)29(23(19)33)16-8-7-12(9-15(16)25)10-17(30)31/h3-9H,2,10-11H2,1H3,(H,30,31). The van der Waals surface area contributed by atoms with Crippen molar-refractivity contribution in [3.05, 3.63) is 65.0 Å². The number of rotatable bonds is 7. The van der Waals surface area contributed by atoms with Crippen LogP contribution in [0.25, 0.3) is 10.8 Å². The quantitative estimate of drug-likeness (QED) is 0.379. The highest BCUT2D eigenvalue weighted by Crippen LogP contribution is 2.46. The van der Waals surface area contributed by atoms with E-state index in [4.69, 9.17) is 14.6 Å². The lowest BCUT2D eigenvalue weighted by Gasteiger charge is -2.17. The van der Waals surface area contributed by atoms with Gasteiger partial charge in [-0.05, 0) is 24.6 Å². The number of nitrogens with zero attached hydrogens (tertiary/aromatic N) is 1. The van der Waals surface area contributed by atoms with Crippen LogP contribution in [0, 0.1) is 5.82 Å². The third kappa shape index (κ3) is 4.36. The third-order valence-electron chi connectivity index (χ3n) is 5.23. The fourth-order valence-electron chi connectivity index (χ4n) is 3.93. The number of carboxylic acid groups (broad SMARTS) is 1. The molecular weight excluding hydrogens is 474 g/mol. The number of halogens is 4. The molecule has 35 heavy (non-hydrogen) atoms. The first kappa shape index (κ1) is 24.0. The van der Waals surface area contributed by atoms with Gasteiger partial charge in [-0.15, -0.1) is 0 Å². The summed E-state index contributed by atoms with van der Waals surface area (Å²) in [4.78, 5) is 38.2. The van der Waals surface area contributed by atoms with Crippen molar-refractivity contribution in [3.63, 3.8) is 0 Å². The second kappa shape index (κ2) is 8.90. The summed E-state index contributed by atoms with van der Waals surface area (Å²) in [7, 11) is 0. The molecule has 0 bridgehead atoms. The molecule has 0 saturated heterocycles. The number of ether oxygens (including phenoxy) is 2. The lowest BCUT2D eigenvalue weighted by atomic mass is 9.99. The lowest BCUT2D eigenvalue weighted by molar-refractivity contribution is -0.153. The van der Waals surface area contributed by atoms with E-state index in [-0.39, 0.29) is 34.3 Å². The lowest BCUT2D eigenvalue weighted by Crippen LogP contribution is -2.30. The van der Waals surface area contributed by atoms with Crippen LogP contribution in [0.4, 0.5) is 23.2 Å². The Morgan fingerprint density at radius 2 is 1.54 bits per heavy atom. The third-order valence-corrected chi connectivity index (χ3v) is 5.23. The van der Waals surface area contributed by atoms with Crippen molar-refractivity contribution in [3.8, 4) is 11.5 Å². The van der Waals surface area contributed by atoms with Crippen LogP contribution in [0.2, 0.25) is 0 Å². The van der Waals surface area contributed by atoms with E-state index in [0.29, 0.717) is 4.90 Å². The van der Waals surface area contributed by atoms with E-state index in [1.165, 1.54) is 24.3 Å². The number of carbonyl (C=O) groups is 3. The van der Waals surface area contributed by atoms with Crippen LogP contribution in [0.1, 0.15) is 33.2 Å². The number of anilines is 1. The molecule has 1 N–H and O–H groups in total. The number of hydrogen-bond donors (Lipinski definition) is 1. The van der Waals surface area contributed by atoms with Crippen LogP contribution in [0.5, 0.6) is 11.5 Å². The second-order valence-corrected chi connectivity index (χ2v) is 7.59. The molecule has 182 valence electrons. The van der Waals surface area contributed by atoms with Crippen molar-refractivity contribution in [2.24, 2.45) is 0 Å². The molecule has 3 aromatic carbocycles. The maximum absolute atomic E-state index is 14.9. The summed E-state index contributed by atoms with van der Waals surface area (Å²) in [5, 5.41) is 9.26. The van der Waals surface area contributed by atoms with Crippen molar-refractivity contribution < 1.29 is 46.5 Å². The minimum Gasteiger partial charge on any atom is -0.492 e. The minimum absolute atomic E-state index is 0.0405. The van der Waals surface area contributed by atoms with E-state index in [9.17, 15) is 31.9 Å². The van der Waals surface area contributed by atoms with Crippen LogP contribution in [0.3, 0.4) is 0 Å². The number of carboxylic acids is 1. The van der Waals surface area contributed by atoms with E-state index in [1.807, 2.05) is 0 Å². The van der Waals surface area contributed by atoms with Crippen LogP contribution < -0.4 is 14.4 Å². The molecule has 0 fully saturated rings. The smallest absolute Gasteiger partial charge is 0.422 e. The van der Waals surface area contributed by atoms with Crippen LogP contribution >= 0.6 is 0 Å². The first-order chi connectivity index (χ1) is 16.5. The molecule has 0 radical (unpaired) electrons. The van der Waals surface area contributed by atoms with Gasteiger partial charge in [0.1, 0.15) is 17.3 Å². The molecule has 0 spiro atoms. The van der Waals surface area contributed by atoms with Gasteiger partial charge in [-0.1, -0.05) is 30.3 Å².